The van der Waals surface area contributed by atoms with E-state index >= 15 is 0 Å². The second kappa shape index (κ2) is 8.27. The van der Waals surface area contributed by atoms with Gasteiger partial charge in [-0.1, -0.05) is 11.8 Å². The molecule has 0 aliphatic carbocycles. The average molecular weight is 335 g/mol. The number of carboxylic acid groups (broad SMARTS) is 1. The van der Waals surface area contributed by atoms with Gasteiger partial charge in [-0.05, 0) is 31.0 Å². The van der Waals surface area contributed by atoms with Crippen LogP contribution in [0.4, 0.5) is 4.39 Å². The summed E-state index contributed by atoms with van der Waals surface area (Å²) in [5.41, 5.74) is 2.01. The number of thiazole rings is 1. The summed E-state index contributed by atoms with van der Waals surface area (Å²) in [4.78, 5) is 15.4. The molecule has 1 aromatic heterocycles. The Balaban J connectivity index is 1.87. The fourth-order valence-corrected chi connectivity index (χ4v) is 2.67. The summed E-state index contributed by atoms with van der Waals surface area (Å²) in [6.45, 7) is -0.0225. The molecule has 1 aromatic carbocycles. The van der Waals surface area contributed by atoms with Gasteiger partial charge in [0.2, 0.25) is 0 Å². The van der Waals surface area contributed by atoms with Crippen molar-refractivity contribution in [3.63, 3.8) is 0 Å². The Kier molecular flexibility index (Phi) is 6.09. The van der Waals surface area contributed by atoms with E-state index in [2.05, 4.69) is 16.8 Å². The van der Waals surface area contributed by atoms with Gasteiger partial charge in [0.25, 0.3) is 0 Å². The lowest BCUT2D eigenvalue weighted by atomic mass is 10.2. The van der Waals surface area contributed by atoms with Crippen molar-refractivity contribution >= 4 is 17.3 Å². The third-order valence-electron chi connectivity index (χ3n) is 2.89. The van der Waals surface area contributed by atoms with E-state index in [4.69, 9.17) is 14.9 Å². The third kappa shape index (κ3) is 4.77. The van der Waals surface area contributed by atoms with Crippen LogP contribution >= 0.6 is 11.3 Å². The van der Waals surface area contributed by atoms with Gasteiger partial charge < -0.3 is 14.9 Å². The summed E-state index contributed by atoms with van der Waals surface area (Å²) in [7, 11) is 0. The number of halogens is 1. The number of nitrogens with zero attached hydrogens (tertiary/aromatic N) is 1. The van der Waals surface area contributed by atoms with E-state index in [-0.39, 0.29) is 24.7 Å². The Morgan fingerprint density at radius 3 is 2.96 bits per heavy atom. The van der Waals surface area contributed by atoms with E-state index in [1.54, 1.807) is 6.07 Å². The number of carboxylic acids is 1. The molecule has 0 spiro atoms. The van der Waals surface area contributed by atoms with Gasteiger partial charge in [-0.3, -0.25) is 0 Å². The molecule has 0 amide bonds. The van der Waals surface area contributed by atoms with Crippen molar-refractivity contribution in [2.24, 2.45) is 0 Å². The average Bonchev–Trinajstić information content (AvgIpc) is 2.99. The van der Waals surface area contributed by atoms with Gasteiger partial charge >= 0.3 is 5.97 Å². The van der Waals surface area contributed by atoms with Gasteiger partial charge in [0.05, 0.1) is 12.1 Å². The maximum atomic E-state index is 13.8. The Hall–Kier alpha value is -2.43. The monoisotopic (exact) mass is 335 g/mol. The molecule has 2 aromatic rings. The Labute approximate surface area is 136 Å². The predicted octanol–water partition coefficient (Wildman–Crippen LogP) is 2.34. The summed E-state index contributed by atoms with van der Waals surface area (Å²) in [6.07, 6.45) is 1.06. The first-order chi connectivity index (χ1) is 11.1. The van der Waals surface area contributed by atoms with Crippen molar-refractivity contribution in [1.82, 2.24) is 4.98 Å². The number of aromatic carboxylic acids is 1. The quantitative estimate of drug-likeness (QED) is 0.626. The number of aliphatic hydroxyl groups excluding tert-OH is 1. The molecule has 0 bridgehead atoms. The normalized spacial score (nSPS) is 10.0. The van der Waals surface area contributed by atoms with Gasteiger partial charge in [-0.15, -0.1) is 11.3 Å². The van der Waals surface area contributed by atoms with Crippen LogP contribution in [-0.2, 0) is 6.42 Å². The molecule has 0 unspecified atom stereocenters. The number of hydrogen-bond donors (Lipinski definition) is 2. The van der Waals surface area contributed by atoms with Crippen LogP contribution in [0.1, 0.15) is 27.3 Å². The Bertz CT molecular complexity index is 748. The Morgan fingerprint density at radius 1 is 1.43 bits per heavy atom. The van der Waals surface area contributed by atoms with Gasteiger partial charge in [-0.2, -0.15) is 0 Å². The molecule has 120 valence electrons. The van der Waals surface area contributed by atoms with Crippen molar-refractivity contribution in [1.29, 1.82) is 0 Å². The van der Waals surface area contributed by atoms with Gasteiger partial charge in [0.15, 0.2) is 17.3 Å². The van der Waals surface area contributed by atoms with E-state index in [0.717, 1.165) is 0 Å². The zero-order valence-corrected chi connectivity index (χ0v) is 12.9. The van der Waals surface area contributed by atoms with Crippen LogP contribution in [-0.4, -0.2) is 34.4 Å². The molecule has 0 atom stereocenters. The summed E-state index contributed by atoms with van der Waals surface area (Å²) in [5.74, 6) is 3.58. The van der Waals surface area contributed by atoms with Crippen molar-refractivity contribution < 1.29 is 24.1 Å². The first-order valence-corrected chi connectivity index (χ1v) is 7.67. The molecule has 0 fully saturated rings. The zero-order valence-electron chi connectivity index (χ0n) is 12.1. The number of aryl methyl sites for hydroxylation is 1. The summed E-state index contributed by atoms with van der Waals surface area (Å²) < 4.78 is 19.2. The van der Waals surface area contributed by atoms with Gasteiger partial charge in [0.1, 0.15) is 6.61 Å². The maximum Gasteiger partial charge on any atom is 0.355 e. The highest BCUT2D eigenvalue weighted by Crippen LogP contribution is 2.19. The number of ether oxygens (including phenoxy) is 1. The molecule has 7 heteroatoms. The second-order valence-electron chi connectivity index (χ2n) is 4.49. The fourth-order valence-electron chi connectivity index (χ4n) is 1.87. The number of carbonyl (C=O) groups is 1. The molecule has 2 N–H and O–H groups in total. The second-order valence-corrected chi connectivity index (χ2v) is 5.43. The molecule has 0 aliphatic heterocycles. The number of hydrogen-bond acceptors (Lipinski definition) is 5. The molecule has 5 nitrogen and oxygen atoms in total. The van der Waals surface area contributed by atoms with Crippen molar-refractivity contribution in [3.05, 3.63) is 45.7 Å². The molecule has 1 heterocycles. The highest BCUT2D eigenvalue weighted by molar-refractivity contribution is 7.09. The van der Waals surface area contributed by atoms with Crippen molar-refractivity contribution in [3.8, 4) is 17.6 Å². The van der Waals surface area contributed by atoms with Crippen LogP contribution in [0.15, 0.2) is 23.7 Å². The molecule has 0 saturated carbocycles. The SMILES string of the molecule is O=C(O)c1ncsc1CCCOc1ccc(C#CCO)cc1F. The lowest BCUT2D eigenvalue weighted by molar-refractivity contribution is 0.0690. The first-order valence-electron chi connectivity index (χ1n) is 6.79. The standard InChI is InChI=1S/C16H14FNO4S/c17-12-9-11(3-1-7-19)5-6-13(12)22-8-2-4-14-15(16(20)21)18-10-23-14/h5-6,9-10,19H,2,4,7-8H2,(H,20,21). The largest absolute Gasteiger partial charge is 0.491 e. The molecular formula is C16H14FNO4S. The number of benzene rings is 1. The minimum Gasteiger partial charge on any atom is -0.491 e. The zero-order chi connectivity index (χ0) is 16.7. The van der Waals surface area contributed by atoms with E-state index in [1.165, 1.54) is 29.0 Å². The van der Waals surface area contributed by atoms with E-state index in [1.807, 2.05) is 0 Å². The number of aromatic nitrogens is 1. The van der Waals surface area contributed by atoms with Crippen LogP contribution in [0.3, 0.4) is 0 Å². The molecule has 2 rings (SSSR count). The van der Waals surface area contributed by atoms with E-state index in [0.29, 0.717) is 23.3 Å². The Morgan fingerprint density at radius 2 is 2.26 bits per heavy atom. The van der Waals surface area contributed by atoms with Gasteiger partial charge in [0, 0.05) is 10.4 Å². The highest BCUT2D eigenvalue weighted by Gasteiger charge is 2.13. The van der Waals surface area contributed by atoms with Crippen LogP contribution in [0.5, 0.6) is 5.75 Å². The smallest absolute Gasteiger partial charge is 0.355 e. The first kappa shape index (κ1) is 16.9. The minimum absolute atomic E-state index is 0.0630. The molecule has 0 aliphatic rings. The summed E-state index contributed by atoms with van der Waals surface area (Å²) in [6, 6.07) is 4.32. The molecule has 23 heavy (non-hydrogen) atoms. The minimum atomic E-state index is -1.05. The van der Waals surface area contributed by atoms with E-state index < -0.39 is 11.8 Å². The lowest BCUT2D eigenvalue weighted by Gasteiger charge is -2.07. The maximum absolute atomic E-state index is 13.8. The predicted molar refractivity (Wildman–Crippen MR) is 83.3 cm³/mol. The van der Waals surface area contributed by atoms with Gasteiger partial charge in [-0.25, -0.2) is 14.2 Å². The third-order valence-corrected chi connectivity index (χ3v) is 3.79. The van der Waals surface area contributed by atoms with Crippen molar-refractivity contribution in [2.75, 3.05) is 13.2 Å². The summed E-state index contributed by atoms with van der Waals surface area (Å²) in [5, 5.41) is 17.5. The number of aliphatic hydroxyl groups is 1. The fraction of sp³-hybridized carbons (Fsp3) is 0.250. The molecular weight excluding hydrogens is 321 g/mol. The van der Waals surface area contributed by atoms with Crippen molar-refractivity contribution in [2.45, 2.75) is 12.8 Å². The van der Waals surface area contributed by atoms with Crippen LogP contribution in [0.2, 0.25) is 0 Å². The molecule has 0 saturated heterocycles. The number of rotatable bonds is 6. The highest BCUT2D eigenvalue weighted by atomic mass is 32.1. The summed E-state index contributed by atoms with van der Waals surface area (Å²) >= 11 is 1.28. The van der Waals surface area contributed by atoms with Crippen LogP contribution < -0.4 is 4.74 Å². The topological polar surface area (TPSA) is 79.7 Å². The van der Waals surface area contributed by atoms with E-state index in [9.17, 15) is 9.18 Å². The molecule has 0 radical (unpaired) electrons. The van der Waals surface area contributed by atoms with Crippen LogP contribution in [0.25, 0.3) is 0 Å². The lowest BCUT2D eigenvalue weighted by Crippen LogP contribution is -2.04. The van der Waals surface area contributed by atoms with Crippen LogP contribution in [0, 0.1) is 17.7 Å².